The van der Waals surface area contributed by atoms with Crippen molar-refractivity contribution in [1.29, 1.82) is 0 Å². The van der Waals surface area contributed by atoms with E-state index in [0.29, 0.717) is 0 Å². The van der Waals surface area contributed by atoms with Crippen LogP contribution in [0.5, 0.6) is 0 Å². The molecular formula is C14H19NO. The third-order valence-electron chi connectivity index (χ3n) is 2.53. The number of allylic oxidation sites excluding steroid dienone is 1. The lowest BCUT2D eigenvalue weighted by Crippen LogP contribution is -2.01. The number of aryl methyl sites for hydroxylation is 1. The van der Waals surface area contributed by atoms with Crippen molar-refractivity contribution in [3.05, 3.63) is 48.0 Å². The molecule has 0 heterocycles. The van der Waals surface area contributed by atoms with Crippen LogP contribution < -0.4 is 0 Å². The smallest absolute Gasteiger partial charge is 0.0577 e. The summed E-state index contributed by atoms with van der Waals surface area (Å²) in [5, 5.41) is 12.2. The molecule has 1 aromatic carbocycles. The van der Waals surface area contributed by atoms with Gasteiger partial charge in [0, 0.05) is 0 Å². The fraction of sp³-hybridized carbons (Fsp3) is 0.357. The Morgan fingerprint density at radius 2 is 1.88 bits per heavy atom. The average molecular weight is 217 g/mol. The van der Waals surface area contributed by atoms with E-state index in [1.165, 1.54) is 5.56 Å². The van der Waals surface area contributed by atoms with Crippen LogP contribution in [0.15, 0.2) is 47.6 Å². The first-order valence-corrected chi connectivity index (χ1v) is 5.60. The third kappa shape index (κ3) is 4.78. The molecule has 0 bridgehead atoms. The highest BCUT2D eigenvalue weighted by molar-refractivity contribution is 5.84. The highest BCUT2D eigenvalue weighted by Crippen LogP contribution is 2.08. The fourth-order valence-electron chi connectivity index (χ4n) is 1.52. The number of nitrogens with zero attached hydrogens (tertiary/aromatic N) is 1. The van der Waals surface area contributed by atoms with Crippen molar-refractivity contribution in [2.24, 2.45) is 5.16 Å². The normalized spacial score (nSPS) is 11.4. The van der Waals surface area contributed by atoms with Crippen molar-refractivity contribution in [2.45, 2.75) is 32.6 Å². The minimum absolute atomic E-state index is 0.804. The Kier molecular flexibility index (Phi) is 5.34. The standard InChI is InChI=1S/C14H19NO/c1-12(2)8-10-14(15-16)11-9-13-6-4-3-5-7-13/h3-7,16H,1,8-11H2,2H3/b15-14+. The van der Waals surface area contributed by atoms with E-state index in [4.69, 9.17) is 5.21 Å². The van der Waals surface area contributed by atoms with Gasteiger partial charge in [-0.3, -0.25) is 0 Å². The maximum atomic E-state index is 8.88. The summed E-state index contributed by atoms with van der Waals surface area (Å²) >= 11 is 0. The topological polar surface area (TPSA) is 32.6 Å². The van der Waals surface area contributed by atoms with E-state index in [0.717, 1.165) is 37.0 Å². The van der Waals surface area contributed by atoms with Gasteiger partial charge in [0.05, 0.1) is 5.71 Å². The van der Waals surface area contributed by atoms with Crippen LogP contribution in [-0.2, 0) is 6.42 Å². The van der Waals surface area contributed by atoms with Gasteiger partial charge in [0.1, 0.15) is 0 Å². The molecule has 0 atom stereocenters. The van der Waals surface area contributed by atoms with E-state index in [1.807, 2.05) is 25.1 Å². The van der Waals surface area contributed by atoms with Crippen LogP contribution in [0.4, 0.5) is 0 Å². The zero-order chi connectivity index (χ0) is 11.8. The summed E-state index contributed by atoms with van der Waals surface area (Å²) < 4.78 is 0. The number of rotatable bonds is 6. The van der Waals surface area contributed by atoms with Crippen LogP contribution >= 0.6 is 0 Å². The molecule has 0 saturated carbocycles. The second kappa shape index (κ2) is 6.83. The Morgan fingerprint density at radius 1 is 1.19 bits per heavy atom. The van der Waals surface area contributed by atoms with Crippen LogP contribution in [0.3, 0.4) is 0 Å². The van der Waals surface area contributed by atoms with E-state index in [-0.39, 0.29) is 0 Å². The Labute approximate surface area is 97.3 Å². The monoisotopic (exact) mass is 217 g/mol. The van der Waals surface area contributed by atoms with E-state index in [2.05, 4.69) is 23.9 Å². The average Bonchev–Trinajstić information content (AvgIpc) is 2.30. The van der Waals surface area contributed by atoms with Crippen molar-refractivity contribution in [3.8, 4) is 0 Å². The minimum Gasteiger partial charge on any atom is -0.411 e. The summed E-state index contributed by atoms with van der Waals surface area (Å²) in [7, 11) is 0. The second-order valence-electron chi connectivity index (χ2n) is 4.11. The number of benzene rings is 1. The predicted octanol–water partition coefficient (Wildman–Crippen LogP) is 3.81. The van der Waals surface area contributed by atoms with Gasteiger partial charge in [-0.2, -0.15) is 0 Å². The van der Waals surface area contributed by atoms with Crippen LogP contribution in [0.2, 0.25) is 0 Å². The van der Waals surface area contributed by atoms with Gasteiger partial charge in [-0.05, 0) is 38.2 Å². The highest BCUT2D eigenvalue weighted by Gasteiger charge is 2.01. The van der Waals surface area contributed by atoms with Gasteiger partial charge < -0.3 is 5.21 Å². The summed E-state index contributed by atoms with van der Waals surface area (Å²) in [5.74, 6) is 0. The Hall–Kier alpha value is -1.57. The lowest BCUT2D eigenvalue weighted by molar-refractivity contribution is 0.316. The predicted molar refractivity (Wildman–Crippen MR) is 68.0 cm³/mol. The molecule has 0 unspecified atom stereocenters. The van der Waals surface area contributed by atoms with Crippen LogP contribution in [0, 0.1) is 0 Å². The molecule has 16 heavy (non-hydrogen) atoms. The van der Waals surface area contributed by atoms with Gasteiger partial charge in [-0.1, -0.05) is 41.1 Å². The maximum Gasteiger partial charge on any atom is 0.0577 e. The Balaban J connectivity index is 2.38. The molecule has 0 aromatic heterocycles. The van der Waals surface area contributed by atoms with Gasteiger partial charge in [-0.15, -0.1) is 6.58 Å². The van der Waals surface area contributed by atoms with Gasteiger partial charge in [-0.25, -0.2) is 0 Å². The first-order chi connectivity index (χ1) is 7.72. The van der Waals surface area contributed by atoms with Crippen molar-refractivity contribution in [3.63, 3.8) is 0 Å². The third-order valence-corrected chi connectivity index (χ3v) is 2.53. The quantitative estimate of drug-likeness (QED) is 0.334. The molecule has 2 heteroatoms. The Bertz CT molecular complexity index is 354. The SMILES string of the molecule is C=C(C)CC/C(CCc1ccccc1)=N\O. The number of oxime groups is 1. The van der Waals surface area contributed by atoms with Crippen molar-refractivity contribution >= 4 is 5.71 Å². The molecule has 0 amide bonds. The molecule has 0 spiro atoms. The lowest BCUT2D eigenvalue weighted by atomic mass is 10.0. The van der Waals surface area contributed by atoms with Crippen LogP contribution in [0.1, 0.15) is 31.7 Å². The molecule has 0 radical (unpaired) electrons. The summed E-state index contributed by atoms with van der Waals surface area (Å²) in [6.07, 6.45) is 3.44. The van der Waals surface area contributed by atoms with Crippen LogP contribution in [-0.4, -0.2) is 10.9 Å². The van der Waals surface area contributed by atoms with Gasteiger partial charge in [0.25, 0.3) is 0 Å². The summed E-state index contributed by atoms with van der Waals surface area (Å²) in [4.78, 5) is 0. The van der Waals surface area contributed by atoms with E-state index in [9.17, 15) is 0 Å². The number of hydrogen-bond donors (Lipinski definition) is 1. The molecule has 1 aromatic rings. The van der Waals surface area contributed by atoms with Gasteiger partial charge in [0.2, 0.25) is 0 Å². The first kappa shape index (κ1) is 12.5. The molecule has 0 saturated heterocycles. The van der Waals surface area contributed by atoms with E-state index >= 15 is 0 Å². The lowest BCUT2D eigenvalue weighted by Gasteiger charge is -2.04. The van der Waals surface area contributed by atoms with Gasteiger partial charge in [0.15, 0.2) is 0 Å². The van der Waals surface area contributed by atoms with E-state index < -0.39 is 0 Å². The van der Waals surface area contributed by atoms with Crippen molar-refractivity contribution < 1.29 is 5.21 Å². The summed E-state index contributed by atoms with van der Waals surface area (Å²) in [5.41, 5.74) is 3.26. The van der Waals surface area contributed by atoms with Crippen molar-refractivity contribution in [1.82, 2.24) is 0 Å². The van der Waals surface area contributed by atoms with E-state index in [1.54, 1.807) is 0 Å². The molecule has 0 aliphatic heterocycles. The largest absolute Gasteiger partial charge is 0.411 e. The first-order valence-electron chi connectivity index (χ1n) is 5.60. The number of hydrogen-bond acceptors (Lipinski definition) is 2. The van der Waals surface area contributed by atoms with Crippen molar-refractivity contribution in [2.75, 3.05) is 0 Å². The molecule has 86 valence electrons. The molecule has 0 aliphatic rings. The Morgan fingerprint density at radius 3 is 2.44 bits per heavy atom. The summed E-state index contributed by atoms with van der Waals surface area (Å²) in [6, 6.07) is 10.2. The second-order valence-corrected chi connectivity index (χ2v) is 4.11. The fourth-order valence-corrected chi connectivity index (χ4v) is 1.52. The zero-order valence-corrected chi connectivity index (χ0v) is 9.82. The molecule has 2 nitrogen and oxygen atoms in total. The molecule has 1 rings (SSSR count). The summed E-state index contributed by atoms with van der Waals surface area (Å²) in [6.45, 7) is 5.84. The maximum absolute atomic E-state index is 8.88. The molecular weight excluding hydrogens is 198 g/mol. The van der Waals surface area contributed by atoms with Crippen LogP contribution in [0.25, 0.3) is 0 Å². The highest BCUT2D eigenvalue weighted by atomic mass is 16.4. The molecule has 0 aliphatic carbocycles. The molecule has 1 N–H and O–H groups in total. The minimum atomic E-state index is 0.804. The van der Waals surface area contributed by atoms with Gasteiger partial charge >= 0.3 is 0 Å². The zero-order valence-electron chi connectivity index (χ0n) is 9.82. The molecule has 0 fully saturated rings.